The lowest BCUT2D eigenvalue weighted by Crippen LogP contribution is -2.36. The van der Waals surface area contributed by atoms with Crippen LogP contribution in [0, 0.1) is 0 Å². The molecule has 0 bridgehead atoms. The molecule has 0 unspecified atom stereocenters. The fraction of sp³-hybridized carbons (Fsp3) is 0.353. The minimum Gasteiger partial charge on any atom is -0.475 e. The number of hydrogen-bond donors (Lipinski definition) is 0. The molecule has 1 amide bonds. The van der Waals surface area contributed by atoms with Crippen molar-refractivity contribution in [3.05, 3.63) is 53.5 Å². The molecule has 6 heteroatoms. The minimum atomic E-state index is -0.0447. The van der Waals surface area contributed by atoms with Gasteiger partial charge in [0.25, 0.3) is 5.91 Å². The number of nitrogens with zero attached hydrogens (tertiary/aromatic N) is 3. The van der Waals surface area contributed by atoms with E-state index in [1.54, 1.807) is 30.3 Å². The first-order valence-corrected chi connectivity index (χ1v) is 7.59. The molecule has 0 aliphatic carbocycles. The van der Waals surface area contributed by atoms with Crippen LogP contribution in [0.15, 0.2) is 36.5 Å². The predicted octanol–water partition coefficient (Wildman–Crippen LogP) is 1.70. The van der Waals surface area contributed by atoms with Gasteiger partial charge in [-0.1, -0.05) is 12.1 Å². The zero-order valence-corrected chi connectivity index (χ0v) is 13.1. The molecular formula is C17H19N3O3. The highest BCUT2D eigenvalue weighted by molar-refractivity contribution is 5.92. The Labute approximate surface area is 135 Å². The molecule has 0 saturated carbocycles. The molecule has 0 aromatic carbocycles. The molecule has 2 aromatic heterocycles. The summed E-state index contributed by atoms with van der Waals surface area (Å²) in [5, 5.41) is 0. The van der Waals surface area contributed by atoms with E-state index < -0.39 is 0 Å². The lowest BCUT2D eigenvalue weighted by atomic mass is 10.1. The second kappa shape index (κ2) is 7.19. The highest BCUT2D eigenvalue weighted by atomic mass is 16.5. The Hall–Kier alpha value is -2.47. The predicted molar refractivity (Wildman–Crippen MR) is 84.3 cm³/mol. The van der Waals surface area contributed by atoms with Crippen molar-refractivity contribution in [2.75, 3.05) is 26.9 Å². The van der Waals surface area contributed by atoms with Crippen LogP contribution in [0.2, 0.25) is 0 Å². The van der Waals surface area contributed by atoms with E-state index in [0.29, 0.717) is 37.9 Å². The SMILES string of the molecule is COCCOc1ccc2c(n1)CCN(C(=O)c1ccccn1)C2. The van der Waals surface area contributed by atoms with E-state index in [9.17, 15) is 4.79 Å². The van der Waals surface area contributed by atoms with Gasteiger partial charge in [-0.25, -0.2) is 4.98 Å². The van der Waals surface area contributed by atoms with Crippen LogP contribution in [0.25, 0.3) is 0 Å². The van der Waals surface area contributed by atoms with Crippen molar-refractivity contribution in [3.8, 4) is 5.88 Å². The molecule has 1 aliphatic rings. The molecule has 23 heavy (non-hydrogen) atoms. The topological polar surface area (TPSA) is 64.6 Å². The van der Waals surface area contributed by atoms with Crippen LogP contribution < -0.4 is 4.74 Å². The Bertz CT molecular complexity index is 676. The number of amides is 1. The lowest BCUT2D eigenvalue weighted by molar-refractivity contribution is 0.0727. The smallest absolute Gasteiger partial charge is 0.272 e. The molecule has 3 rings (SSSR count). The van der Waals surface area contributed by atoms with Crippen LogP contribution in [-0.2, 0) is 17.7 Å². The van der Waals surface area contributed by atoms with Crippen LogP contribution in [0.5, 0.6) is 5.88 Å². The van der Waals surface area contributed by atoms with Crippen LogP contribution in [-0.4, -0.2) is 47.6 Å². The fourth-order valence-corrected chi connectivity index (χ4v) is 2.53. The Balaban J connectivity index is 1.68. The minimum absolute atomic E-state index is 0.0447. The first kappa shape index (κ1) is 15.4. The van der Waals surface area contributed by atoms with Gasteiger partial charge in [-0.15, -0.1) is 0 Å². The van der Waals surface area contributed by atoms with Crippen molar-refractivity contribution < 1.29 is 14.3 Å². The number of aromatic nitrogens is 2. The normalized spacial score (nSPS) is 13.5. The summed E-state index contributed by atoms with van der Waals surface area (Å²) in [7, 11) is 1.64. The second-order valence-electron chi connectivity index (χ2n) is 5.29. The third kappa shape index (κ3) is 3.65. The maximum absolute atomic E-state index is 12.5. The van der Waals surface area contributed by atoms with Crippen LogP contribution in [0.3, 0.4) is 0 Å². The maximum atomic E-state index is 12.5. The van der Waals surface area contributed by atoms with Crippen molar-refractivity contribution in [3.63, 3.8) is 0 Å². The second-order valence-corrected chi connectivity index (χ2v) is 5.29. The average molecular weight is 313 g/mol. The van der Waals surface area contributed by atoms with Gasteiger partial charge in [-0.3, -0.25) is 9.78 Å². The summed E-state index contributed by atoms with van der Waals surface area (Å²) >= 11 is 0. The summed E-state index contributed by atoms with van der Waals surface area (Å²) in [6.07, 6.45) is 2.35. The van der Waals surface area contributed by atoms with Crippen LogP contribution in [0.4, 0.5) is 0 Å². The molecule has 0 radical (unpaired) electrons. The van der Waals surface area contributed by atoms with E-state index in [4.69, 9.17) is 9.47 Å². The maximum Gasteiger partial charge on any atom is 0.272 e. The van der Waals surface area contributed by atoms with Gasteiger partial charge in [0.2, 0.25) is 5.88 Å². The van der Waals surface area contributed by atoms with E-state index in [0.717, 1.165) is 17.7 Å². The highest BCUT2D eigenvalue weighted by Crippen LogP contribution is 2.21. The Morgan fingerprint density at radius 3 is 2.96 bits per heavy atom. The molecule has 6 nitrogen and oxygen atoms in total. The molecule has 0 spiro atoms. The van der Waals surface area contributed by atoms with Crippen molar-refractivity contribution in [2.45, 2.75) is 13.0 Å². The van der Waals surface area contributed by atoms with E-state index in [2.05, 4.69) is 9.97 Å². The number of hydrogen-bond acceptors (Lipinski definition) is 5. The monoisotopic (exact) mass is 313 g/mol. The Morgan fingerprint density at radius 1 is 1.26 bits per heavy atom. The summed E-state index contributed by atoms with van der Waals surface area (Å²) in [5.74, 6) is 0.557. The molecule has 0 saturated heterocycles. The molecule has 0 atom stereocenters. The first-order chi connectivity index (χ1) is 11.3. The lowest BCUT2D eigenvalue weighted by Gasteiger charge is -2.28. The van der Waals surface area contributed by atoms with Crippen molar-refractivity contribution >= 4 is 5.91 Å². The standard InChI is InChI=1S/C17H19N3O3/c1-22-10-11-23-16-6-5-13-12-20(9-7-14(13)19-16)17(21)15-4-2-3-8-18-15/h2-6,8H,7,9-12H2,1H3. The van der Waals surface area contributed by atoms with Gasteiger partial charge in [0.1, 0.15) is 12.3 Å². The van der Waals surface area contributed by atoms with Gasteiger partial charge in [0.15, 0.2) is 0 Å². The fourth-order valence-electron chi connectivity index (χ4n) is 2.53. The van der Waals surface area contributed by atoms with E-state index in [1.165, 1.54) is 0 Å². The van der Waals surface area contributed by atoms with Gasteiger partial charge in [0.05, 0.1) is 12.3 Å². The number of fused-ring (bicyclic) bond motifs is 1. The van der Waals surface area contributed by atoms with Crippen LogP contribution in [0.1, 0.15) is 21.7 Å². The Kier molecular flexibility index (Phi) is 4.83. The summed E-state index contributed by atoms with van der Waals surface area (Å²) in [4.78, 5) is 22.9. The molecule has 120 valence electrons. The summed E-state index contributed by atoms with van der Waals surface area (Å²) in [6, 6.07) is 9.18. The summed E-state index contributed by atoms with van der Waals surface area (Å²) in [6.45, 7) is 2.20. The first-order valence-electron chi connectivity index (χ1n) is 7.59. The Morgan fingerprint density at radius 2 is 2.17 bits per heavy atom. The molecule has 0 N–H and O–H groups in total. The molecule has 3 heterocycles. The number of methoxy groups -OCH3 is 1. The third-order valence-electron chi connectivity index (χ3n) is 3.73. The third-order valence-corrected chi connectivity index (χ3v) is 3.73. The quantitative estimate of drug-likeness (QED) is 0.786. The van der Waals surface area contributed by atoms with Gasteiger partial charge < -0.3 is 14.4 Å². The number of carbonyl (C=O) groups is 1. The molecule has 1 aliphatic heterocycles. The highest BCUT2D eigenvalue weighted by Gasteiger charge is 2.23. The number of rotatable bonds is 5. The van der Waals surface area contributed by atoms with E-state index >= 15 is 0 Å². The average Bonchev–Trinajstić information content (AvgIpc) is 2.61. The van der Waals surface area contributed by atoms with Crippen molar-refractivity contribution in [2.24, 2.45) is 0 Å². The molecule has 2 aromatic rings. The van der Waals surface area contributed by atoms with Gasteiger partial charge in [0, 0.05) is 38.9 Å². The summed E-state index contributed by atoms with van der Waals surface area (Å²) < 4.78 is 10.5. The largest absolute Gasteiger partial charge is 0.475 e. The van der Waals surface area contributed by atoms with Gasteiger partial charge >= 0.3 is 0 Å². The van der Waals surface area contributed by atoms with Crippen molar-refractivity contribution in [1.82, 2.24) is 14.9 Å². The van der Waals surface area contributed by atoms with Gasteiger partial charge in [-0.2, -0.15) is 0 Å². The zero-order valence-electron chi connectivity index (χ0n) is 13.1. The van der Waals surface area contributed by atoms with Crippen LogP contribution >= 0.6 is 0 Å². The summed E-state index contributed by atoms with van der Waals surface area (Å²) in [5.41, 5.74) is 2.52. The number of carbonyl (C=O) groups excluding carboxylic acids is 1. The van der Waals surface area contributed by atoms with E-state index in [1.807, 2.05) is 18.2 Å². The van der Waals surface area contributed by atoms with Crippen molar-refractivity contribution in [1.29, 1.82) is 0 Å². The number of pyridine rings is 2. The molecule has 0 fully saturated rings. The van der Waals surface area contributed by atoms with E-state index in [-0.39, 0.29) is 5.91 Å². The number of ether oxygens (including phenoxy) is 2. The molecular weight excluding hydrogens is 294 g/mol. The van der Waals surface area contributed by atoms with Gasteiger partial charge in [-0.05, 0) is 17.7 Å². The zero-order chi connectivity index (χ0) is 16.1.